The molecule has 0 amide bonds. The molecule has 0 unspecified atom stereocenters. The summed E-state index contributed by atoms with van der Waals surface area (Å²) in [5.41, 5.74) is 5.56. The molecule has 0 spiro atoms. The smallest absolute Gasteiger partial charge is 0.264 e. The highest BCUT2D eigenvalue weighted by Gasteiger charge is 2.10. The van der Waals surface area contributed by atoms with Crippen molar-refractivity contribution in [3.8, 4) is 17.0 Å². The van der Waals surface area contributed by atoms with Gasteiger partial charge in [0.2, 0.25) is 11.8 Å². The van der Waals surface area contributed by atoms with E-state index in [1.165, 1.54) is 19.6 Å². The van der Waals surface area contributed by atoms with Crippen molar-refractivity contribution in [1.82, 2.24) is 14.9 Å². The van der Waals surface area contributed by atoms with E-state index >= 15 is 0 Å². The molecule has 0 saturated carbocycles. The van der Waals surface area contributed by atoms with Crippen molar-refractivity contribution in [2.45, 2.75) is 20.8 Å². The number of aromatic amines is 1. The van der Waals surface area contributed by atoms with Gasteiger partial charge in [-0.15, -0.1) is 0 Å². The van der Waals surface area contributed by atoms with Gasteiger partial charge in [0.05, 0.1) is 0 Å². The predicted molar refractivity (Wildman–Crippen MR) is 89.8 cm³/mol. The molecule has 0 aliphatic heterocycles. The fraction of sp³-hybridized carbons (Fsp3) is 0.375. The van der Waals surface area contributed by atoms with Crippen LogP contribution in [0.1, 0.15) is 20.8 Å². The van der Waals surface area contributed by atoms with Crippen molar-refractivity contribution >= 4 is 5.95 Å². The van der Waals surface area contributed by atoms with Gasteiger partial charge in [-0.3, -0.25) is 9.78 Å². The van der Waals surface area contributed by atoms with E-state index in [2.05, 4.69) is 35.6 Å². The first kappa shape index (κ1) is 17.7. The zero-order chi connectivity index (χ0) is 16.5. The molecule has 0 atom stereocenters. The van der Waals surface area contributed by atoms with Crippen LogP contribution in [-0.2, 0) is 0 Å². The second-order valence-electron chi connectivity index (χ2n) is 4.64. The number of hydrogen-bond acceptors (Lipinski definition) is 5. The van der Waals surface area contributed by atoms with Crippen LogP contribution in [0.2, 0.25) is 0 Å². The first-order valence-corrected chi connectivity index (χ1v) is 7.39. The van der Waals surface area contributed by atoms with Crippen molar-refractivity contribution in [3.63, 3.8) is 0 Å². The lowest BCUT2D eigenvalue weighted by molar-refractivity contribution is 0.321. The Morgan fingerprint density at radius 2 is 1.68 bits per heavy atom. The predicted octanol–water partition coefficient (Wildman–Crippen LogP) is 2.07. The summed E-state index contributed by atoms with van der Waals surface area (Å²) in [5.74, 6) is -0.459. The zero-order valence-corrected chi connectivity index (χ0v) is 13.3. The lowest BCUT2D eigenvalue weighted by atomic mass is 10.1. The van der Waals surface area contributed by atoms with Gasteiger partial charge < -0.3 is 15.7 Å². The van der Waals surface area contributed by atoms with Crippen molar-refractivity contribution in [3.05, 3.63) is 40.7 Å². The Morgan fingerprint density at radius 3 is 2.09 bits per heavy atom. The van der Waals surface area contributed by atoms with Crippen LogP contribution in [0.15, 0.2) is 35.1 Å². The molecule has 2 aromatic rings. The summed E-state index contributed by atoms with van der Waals surface area (Å²) in [4.78, 5) is 19.8. The maximum atomic E-state index is 11.5. The van der Waals surface area contributed by atoms with Crippen LogP contribution in [0, 0.1) is 0 Å². The standard InChI is InChI=1S/C10H9N3O2.C6H15N/c11-10-12-8(14)7(9(15)13-10)6-4-2-1-3-5-6;1-4-7(5-2)6-3/h1-5H,(H4,11,12,13,14,15);4-6H2,1-3H3. The fourth-order valence-electron chi connectivity index (χ4n) is 2.01. The Hall–Kier alpha value is -2.34. The number of nitrogens with zero attached hydrogens (tertiary/aromatic N) is 2. The van der Waals surface area contributed by atoms with E-state index in [9.17, 15) is 9.90 Å². The third kappa shape index (κ3) is 4.89. The molecule has 22 heavy (non-hydrogen) atoms. The topological polar surface area (TPSA) is 95.2 Å². The number of aromatic nitrogens is 2. The van der Waals surface area contributed by atoms with E-state index in [0.717, 1.165) is 0 Å². The average molecular weight is 304 g/mol. The molecule has 4 N–H and O–H groups in total. The van der Waals surface area contributed by atoms with Gasteiger partial charge in [-0.05, 0) is 25.2 Å². The van der Waals surface area contributed by atoms with Crippen molar-refractivity contribution in [1.29, 1.82) is 0 Å². The van der Waals surface area contributed by atoms with Gasteiger partial charge >= 0.3 is 0 Å². The van der Waals surface area contributed by atoms with Crippen molar-refractivity contribution in [2.24, 2.45) is 0 Å². The minimum atomic E-state index is -0.453. The number of H-pyrrole nitrogens is 1. The Labute approximate surface area is 130 Å². The van der Waals surface area contributed by atoms with Crippen LogP contribution in [0.25, 0.3) is 11.1 Å². The van der Waals surface area contributed by atoms with Crippen LogP contribution >= 0.6 is 0 Å². The molecule has 0 fully saturated rings. The molecule has 6 nitrogen and oxygen atoms in total. The Kier molecular flexibility index (Phi) is 7.12. The minimum absolute atomic E-state index is 0.0998. The first-order valence-electron chi connectivity index (χ1n) is 7.39. The summed E-state index contributed by atoms with van der Waals surface area (Å²) < 4.78 is 0. The highest BCUT2D eigenvalue weighted by atomic mass is 16.3. The number of nitrogens with two attached hydrogens (primary N) is 1. The Bertz CT molecular complexity index is 616. The zero-order valence-electron chi connectivity index (χ0n) is 13.3. The number of anilines is 1. The summed E-state index contributed by atoms with van der Waals surface area (Å²) >= 11 is 0. The lowest BCUT2D eigenvalue weighted by Gasteiger charge is -2.13. The Balaban J connectivity index is 0.000000295. The molecule has 1 heterocycles. The number of benzene rings is 1. The summed E-state index contributed by atoms with van der Waals surface area (Å²) in [5, 5.41) is 9.51. The first-order chi connectivity index (χ1) is 10.5. The van der Waals surface area contributed by atoms with Crippen LogP contribution in [0.5, 0.6) is 5.88 Å². The maximum Gasteiger partial charge on any atom is 0.264 e. The summed E-state index contributed by atoms with van der Waals surface area (Å²) in [6.45, 7) is 10.1. The largest absolute Gasteiger partial charge is 0.493 e. The average Bonchev–Trinajstić information content (AvgIpc) is 2.50. The van der Waals surface area contributed by atoms with Gasteiger partial charge in [-0.25, -0.2) is 0 Å². The van der Waals surface area contributed by atoms with E-state index in [1.54, 1.807) is 24.3 Å². The summed E-state index contributed by atoms with van der Waals surface area (Å²) in [6, 6.07) is 8.78. The molecule has 0 aliphatic carbocycles. The van der Waals surface area contributed by atoms with Crippen LogP contribution in [-0.4, -0.2) is 39.6 Å². The number of rotatable bonds is 4. The normalized spacial score (nSPS) is 10.2. The molecule has 0 aliphatic rings. The van der Waals surface area contributed by atoms with E-state index < -0.39 is 5.56 Å². The number of hydrogen-bond donors (Lipinski definition) is 3. The van der Waals surface area contributed by atoms with Crippen molar-refractivity contribution < 1.29 is 5.11 Å². The second kappa shape index (κ2) is 8.84. The molecular weight excluding hydrogens is 280 g/mol. The monoisotopic (exact) mass is 304 g/mol. The van der Waals surface area contributed by atoms with E-state index in [4.69, 9.17) is 5.73 Å². The van der Waals surface area contributed by atoms with E-state index in [0.29, 0.717) is 5.56 Å². The van der Waals surface area contributed by atoms with Gasteiger partial charge in [0.25, 0.3) is 5.56 Å². The quantitative estimate of drug-likeness (QED) is 0.803. The summed E-state index contributed by atoms with van der Waals surface area (Å²) in [6.07, 6.45) is 0. The fourth-order valence-corrected chi connectivity index (χ4v) is 2.01. The molecule has 120 valence electrons. The van der Waals surface area contributed by atoms with Gasteiger partial charge in [0.1, 0.15) is 5.56 Å². The Morgan fingerprint density at radius 1 is 1.14 bits per heavy atom. The molecule has 1 aromatic heterocycles. The molecule has 0 bridgehead atoms. The molecule has 0 saturated heterocycles. The summed E-state index contributed by atoms with van der Waals surface area (Å²) in [7, 11) is 0. The van der Waals surface area contributed by atoms with Gasteiger partial charge in [0, 0.05) is 0 Å². The van der Waals surface area contributed by atoms with Gasteiger partial charge in [-0.1, -0.05) is 51.1 Å². The molecule has 1 aromatic carbocycles. The van der Waals surface area contributed by atoms with E-state index in [-0.39, 0.29) is 17.4 Å². The van der Waals surface area contributed by atoms with Crippen LogP contribution < -0.4 is 11.3 Å². The second-order valence-corrected chi connectivity index (χ2v) is 4.64. The molecule has 0 radical (unpaired) electrons. The molecular formula is C16H24N4O2. The lowest BCUT2D eigenvalue weighted by Crippen LogP contribution is -2.21. The highest BCUT2D eigenvalue weighted by Crippen LogP contribution is 2.22. The van der Waals surface area contributed by atoms with Crippen LogP contribution in [0.4, 0.5) is 5.95 Å². The highest BCUT2D eigenvalue weighted by molar-refractivity contribution is 5.67. The molecule has 6 heteroatoms. The van der Waals surface area contributed by atoms with Crippen molar-refractivity contribution in [2.75, 3.05) is 25.4 Å². The number of aromatic hydroxyl groups is 1. The number of nitrogen functional groups attached to an aromatic ring is 1. The SMILES string of the molecule is CCN(CC)CC.Nc1nc(O)c(-c2ccccc2)c(=O)[nH]1. The maximum absolute atomic E-state index is 11.5. The third-order valence-electron chi connectivity index (χ3n) is 3.32. The van der Waals surface area contributed by atoms with Crippen LogP contribution in [0.3, 0.4) is 0 Å². The van der Waals surface area contributed by atoms with Gasteiger partial charge in [-0.2, -0.15) is 4.98 Å². The minimum Gasteiger partial charge on any atom is -0.493 e. The van der Waals surface area contributed by atoms with E-state index in [1.807, 2.05) is 6.07 Å². The number of nitrogens with one attached hydrogen (secondary N) is 1. The molecule has 2 rings (SSSR count). The third-order valence-corrected chi connectivity index (χ3v) is 3.32. The van der Waals surface area contributed by atoms with Gasteiger partial charge in [0.15, 0.2) is 0 Å².